The number of imidazole rings is 1. The lowest BCUT2D eigenvalue weighted by atomic mass is 10.0. The highest BCUT2D eigenvalue weighted by Crippen LogP contribution is 2.44. The molecule has 1 saturated heterocycles. The highest BCUT2D eigenvalue weighted by Gasteiger charge is 2.42. The van der Waals surface area contributed by atoms with Crippen molar-refractivity contribution in [2.24, 2.45) is 5.92 Å². The van der Waals surface area contributed by atoms with Gasteiger partial charge in [-0.1, -0.05) is 0 Å². The third-order valence-electron chi connectivity index (χ3n) is 4.33. The molecule has 0 aromatic carbocycles. The molecule has 3 heterocycles. The Morgan fingerprint density at radius 2 is 2.20 bits per heavy atom. The number of ether oxygens (including phenoxy) is 1. The topological polar surface area (TPSA) is 66.0 Å². The summed E-state index contributed by atoms with van der Waals surface area (Å²) in [5.74, 6) is 1.28. The second-order valence-electron chi connectivity index (χ2n) is 5.65. The number of rotatable bonds is 3. The van der Waals surface area contributed by atoms with E-state index in [1.165, 1.54) is 12.8 Å². The molecule has 0 amide bonds. The molecule has 2 aliphatic rings. The number of nitrogen functional groups attached to an aromatic ring is 1. The molecule has 2 aromatic rings. The van der Waals surface area contributed by atoms with Gasteiger partial charge in [0.2, 0.25) is 0 Å². The summed E-state index contributed by atoms with van der Waals surface area (Å²) in [5.41, 5.74) is 7.99. The van der Waals surface area contributed by atoms with E-state index in [4.69, 9.17) is 10.5 Å². The zero-order valence-electron chi connectivity index (χ0n) is 11.3. The van der Waals surface area contributed by atoms with Crippen LogP contribution in [0.5, 0.6) is 0 Å². The number of hydrogen-bond acceptors (Lipinski definition) is 4. The van der Waals surface area contributed by atoms with E-state index in [1.807, 2.05) is 24.7 Å². The standard InChI is InChI=1S/C15H18N4O/c16-15-11(2-1-6-18-15)13-8-17-9-19(13)12-5-7-20-14(12)10-3-4-10/h1-2,6,8-10,12,14H,3-5,7H2,(H2,16,18). The maximum atomic E-state index is 6.00. The number of aromatic nitrogens is 3. The lowest BCUT2D eigenvalue weighted by molar-refractivity contribution is 0.0754. The maximum Gasteiger partial charge on any atom is 0.132 e. The van der Waals surface area contributed by atoms with Crippen molar-refractivity contribution in [3.63, 3.8) is 0 Å². The lowest BCUT2D eigenvalue weighted by Crippen LogP contribution is -2.22. The van der Waals surface area contributed by atoms with Crippen LogP contribution in [0.4, 0.5) is 5.82 Å². The normalized spacial score (nSPS) is 26.0. The van der Waals surface area contributed by atoms with Crippen molar-refractivity contribution in [3.8, 4) is 11.3 Å². The quantitative estimate of drug-likeness (QED) is 0.929. The van der Waals surface area contributed by atoms with E-state index in [-0.39, 0.29) is 0 Å². The first kappa shape index (κ1) is 11.9. The van der Waals surface area contributed by atoms with Crippen LogP contribution >= 0.6 is 0 Å². The minimum absolute atomic E-state index is 0.334. The molecule has 1 aliphatic carbocycles. The molecule has 1 saturated carbocycles. The summed E-state index contributed by atoms with van der Waals surface area (Å²) in [5, 5.41) is 0. The van der Waals surface area contributed by atoms with Gasteiger partial charge in [-0.2, -0.15) is 0 Å². The zero-order chi connectivity index (χ0) is 13.5. The average molecular weight is 270 g/mol. The molecular formula is C15H18N4O. The number of nitrogens with zero attached hydrogens (tertiary/aromatic N) is 3. The zero-order valence-corrected chi connectivity index (χ0v) is 11.3. The second-order valence-corrected chi connectivity index (χ2v) is 5.65. The number of hydrogen-bond donors (Lipinski definition) is 1. The van der Waals surface area contributed by atoms with Crippen molar-refractivity contribution in [1.82, 2.24) is 14.5 Å². The Kier molecular flexibility index (Phi) is 2.73. The van der Waals surface area contributed by atoms with Gasteiger partial charge < -0.3 is 15.0 Å². The van der Waals surface area contributed by atoms with Gasteiger partial charge in [-0.3, -0.25) is 0 Å². The van der Waals surface area contributed by atoms with Crippen LogP contribution in [0.1, 0.15) is 25.3 Å². The van der Waals surface area contributed by atoms with Crippen molar-refractivity contribution in [2.75, 3.05) is 12.3 Å². The number of anilines is 1. The van der Waals surface area contributed by atoms with Crippen LogP contribution in [0.25, 0.3) is 11.3 Å². The predicted octanol–water partition coefficient (Wildman–Crippen LogP) is 2.27. The van der Waals surface area contributed by atoms with Gasteiger partial charge in [-0.25, -0.2) is 9.97 Å². The fraction of sp³-hybridized carbons (Fsp3) is 0.467. The van der Waals surface area contributed by atoms with Crippen LogP contribution in [0.2, 0.25) is 0 Å². The van der Waals surface area contributed by atoms with Gasteiger partial charge in [0.1, 0.15) is 5.82 Å². The summed E-state index contributed by atoms with van der Waals surface area (Å²) in [6.07, 6.45) is 9.45. The molecule has 2 N–H and O–H groups in total. The van der Waals surface area contributed by atoms with Gasteiger partial charge in [-0.15, -0.1) is 0 Å². The van der Waals surface area contributed by atoms with Gasteiger partial charge >= 0.3 is 0 Å². The molecule has 0 radical (unpaired) electrons. The molecule has 0 bridgehead atoms. The van der Waals surface area contributed by atoms with E-state index in [9.17, 15) is 0 Å². The summed E-state index contributed by atoms with van der Waals surface area (Å²) in [6.45, 7) is 0.839. The van der Waals surface area contributed by atoms with E-state index in [0.717, 1.165) is 30.2 Å². The van der Waals surface area contributed by atoms with Crippen LogP contribution in [-0.2, 0) is 4.74 Å². The second kappa shape index (κ2) is 4.59. The van der Waals surface area contributed by atoms with Crippen LogP contribution < -0.4 is 5.73 Å². The maximum absolute atomic E-state index is 6.00. The van der Waals surface area contributed by atoms with Crippen LogP contribution in [-0.4, -0.2) is 27.2 Å². The Morgan fingerprint density at radius 3 is 3.00 bits per heavy atom. The molecule has 5 nitrogen and oxygen atoms in total. The summed E-state index contributed by atoms with van der Waals surface area (Å²) in [7, 11) is 0. The number of nitrogens with two attached hydrogens (primary N) is 1. The van der Waals surface area contributed by atoms with Gasteiger partial charge in [0.05, 0.1) is 30.4 Å². The number of pyridine rings is 1. The monoisotopic (exact) mass is 270 g/mol. The smallest absolute Gasteiger partial charge is 0.132 e. The molecule has 20 heavy (non-hydrogen) atoms. The molecule has 2 aromatic heterocycles. The summed E-state index contributed by atoms with van der Waals surface area (Å²) in [4.78, 5) is 8.50. The summed E-state index contributed by atoms with van der Waals surface area (Å²) < 4.78 is 8.16. The summed E-state index contributed by atoms with van der Waals surface area (Å²) >= 11 is 0. The van der Waals surface area contributed by atoms with Gasteiger partial charge in [0, 0.05) is 18.4 Å². The largest absolute Gasteiger partial charge is 0.383 e. The third-order valence-corrected chi connectivity index (χ3v) is 4.33. The molecular weight excluding hydrogens is 252 g/mol. The Morgan fingerprint density at radius 1 is 1.30 bits per heavy atom. The van der Waals surface area contributed by atoms with Crippen molar-refractivity contribution in [3.05, 3.63) is 30.9 Å². The molecule has 2 fully saturated rings. The third kappa shape index (κ3) is 1.89. The highest BCUT2D eigenvalue weighted by atomic mass is 16.5. The SMILES string of the molecule is Nc1ncccc1-c1cncn1C1CCOC1C1CC1. The molecule has 2 atom stereocenters. The molecule has 0 spiro atoms. The Hall–Kier alpha value is -1.88. The fourth-order valence-corrected chi connectivity index (χ4v) is 3.18. The van der Waals surface area contributed by atoms with Crippen molar-refractivity contribution in [1.29, 1.82) is 0 Å². The minimum Gasteiger partial charge on any atom is -0.383 e. The molecule has 4 rings (SSSR count). The Labute approximate surface area is 117 Å². The molecule has 1 aliphatic heterocycles. The van der Waals surface area contributed by atoms with Crippen LogP contribution in [0.15, 0.2) is 30.9 Å². The molecule has 104 valence electrons. The van der Waals surface area contributed by atoms with Crippen molar-refractivity contribution in [2.45, 2.75) is 31.4 Å². The fourth-order valence-electron chi connectivity index (χ4n) is 3.18. The van der Waals surface area contributed by atoms with E-state index >= 15 is 0 Å². The highest BCUT2D eigenvalue weighted by molar-refractivity contribution is 5.70. The van der Waals surface area contributed by atoms with Crippen LogP contribution in [0, 0.1) is 5.92 Å². The predicted molar refractivity (Wildman–Crippen MR) is 76.0 cm³/mol. The average Bonchev–Trinajstić information content (AvgIpc) is 3.01. The van der Waals surface area contributed by atoms with Crippen molar-refractivity contribution >= 4 is 5.82 Å². The lowest BCUT2D eigenvalue weighted by Gasteiger charge is -2.22. The molecule has 2 unspecified atom stereocenters. The van der Waals surface area contributed by atoms with Gasteiger partial charge in [-0.05, 0) is 37.3 Å². The van der Waals surface area contributed by atoms with E-state index < -0.39 is 0 Å². The first-order valence-corrected chi connectivity index (χ1v) is 7.19. The van der Waals surface area contributed by atoms with E-state index in [0.29, 0.717) is 18.0 Å². The van der Waals surface area contributed by atoms with Crippen molar-refractivity contribution < 1.29 is 4.74 Å². The van der Waals surface area contributed by atoms with E-state index in [1.54, 1.807) is 6.20 Å². The first-order valence-electron chi connectivity index (χ1n) is 7.19. The summed E-state index contributed by atoms with van der Waals surface area (Å²) in [6, 6.07) is 4.28. The first-order chi connectivity index (χ1) is 9.84. The Bertz CT molecular complexity index is 620. The van der Waals surface area contributed by atoms with E-state index in [2.05, 4.69) is 14.5 Å². The molecule has 5 heteroatoms. The minimum atomic E-state index is 0.334. The van der Waals surface area contributed by atoms with Crippen LogP contribution in [0.3, 0.4) is 0 Å². The Balaban J connectivity index is 1.73. The van der Waals surface area contributed by atoms with Gasteiger partial charge in [0.25, 0.3) is 0 Å². The van der Waals surface area contributed by atoms with Gasteiger partial charge in [0.15, 0.2) is 0 Å².